The number of methoxy groups -OCH3 is 1. The molecule has 0 bridgehead atoms. The summed E-state index contributed by atoms with van der Waals surface area (Å²) in [7, 11) is 1.34. The van der Waals surface area contributed by atoms with E-state index in [0.29, 0.717) is 17.0 Å². The maximum Gasteiger partial charge on any atom is 0.333 e. The van der Waals surface area contributed by atoms with Crippen LogP contribution < -0.4 is 0 Å². The zero-order valence-electron chi connectivity index (χ0n) is 7.92. The van der Waals surface area contributed by atoms with Gasteiger partial charge in [-0.25, -0.2) is 4.79 Å². The summed E-state index contributed by atoms with van der Waals surface area (Å²) in [5, 5.41) is 0.678. The Labute approximate surface area is 88.1 Å². The predicted octanol–water partition coefficient (Wildman–Crippen LogP) is 2.61. The molecule has 0 aliphatic rings. The van der Waals surface area contributed by atoms with Gasteiger partial charge < -0.3 is 4.74 Å². The largest absolute Gasteiger partial charge is 0.466 e. The first-order chi connectivity index (χ1) is 6.63. The molecule has 14 heavy (non-hydrogen) atoms. The Morgan fingerprint density at radius 1 is 1.43 bits per heavy atom. The fourth-order valence-corrected chi connectivity index (χ4v) is 1.19. The van der Waals surface area contributed by atoms with E-state index in [0.717, 1.165) is 5.56 Å². The molecule has 0 amide bonds. The zero-order valence-corrected chi connectivity index (χ0v) is 8.67. The van der Waals surface area contributed by atoms with Gasteiger partial charge in [-0.15, -0.1) is 0 Å². The Kier molecular flexibility index (Phi) is 3.72. The number of carbonyl (C=O) groups is 1. The van der Waals surface area contributed by atoms with Crippen LogP contribution in [0.5, 0.6) is 0 Å². The third kappa shape index (κ3) is 2.89. The van der Waals surface area contributed by atoms with Crippen LogP contribution in [0.15, 0.2) is 36.4 Å². The molecule has 0 heterocycles. The van der Waals surface area contributed by atoms with Crippen molar-refractivity contribution in [2.45, 2.75) is 6.42 Å². The lowest BCUT2D eigenvalue weighted by Crippen LogP contribution is -2.05. The second-order valence-electron chi connectivity index (χ2n) is 2.90. The van der Waals surface area contributed by atoms with Gasteiger partial charge in [-0.3, -0.25) is 0 Å². The van der Waals surface area contributed by atoms with Crippen molar-refractivity contribution in [2.75, 3.05) is 7.11 Å². The molecule has 0 spiro atoms. The summed E-state index contributed by atoms with van der Waals surface area (Å²) >= 11 is 5.72. The second kappa shape index (κ2) is 4.82. The van der Waals surface area contributed by atoms with Crippen LogP contribution in [0, 0.1) is 0 Å². The highest BCUT2D eigenvalue weighted by Gasteiger charge is 2.06. The summed E-state index contributed by atoms with van der Waals surface area (Å²) in [4.78, 5) is 11.0. The van der Waals surface area contributed by atoms with Gasteiger partial charge in [0.25, 0.3) is 0 Å². The van der Waals surface area contributed by atoms with Crippen molar-refractivity contribution in [1.82, 2.24) is 0 Å². The van der Waals surface area contributed by atoms with Crippen LogP contribution in [0.25, 0.3) is 0 Å². The Hall–Kier alpha value is -1.28. The minimum Gasteiger partial charge on any atom is -0.466 e. The van der Waals surface area contributed by atoms with Crippen molar-refractivity contribution < 1.29 is 9.53 Å². The summed E-state index contributed by atoms with van der Waals surface area (Å²) in [6.45, 7) is 3.64. The molecule has 1 aromatic carbocycles. The van der Waals surface area contributed by atoms with Crippen LogP contribution in [0.1, 0.15) is 5.56 Å². The highest BCUT2D eigenvalue weighted by Crippen LogP contribution is 2.12. The maximum atomic E-state index is 11.0. The van der Waals surface area contributed by atoms with E-state index in [-0.39, 0.29) is 5.97 Å². The first-order valence-electron chi connectivity index (χ1n) is 4.14. The van der Waals surface area contributed by atoms with Gasteiger partial charge in [-0.2, -0.15) is 0 Å². The third-order valence-electron chi connectivity index (χ3n) is 1.80. The second-order valence-corrected chi connectivity index (χ2v) is 3.33. The summed E-state index contributed by atoms with van der Waals surface area (Å²) in [6.07, 6.45) is 0.490. The van der Waals surface area contributed by atoms with E-state index in [1.165, 1.54) is 7.11 Å². The number of carbonyl (C=O) groups excluding carboxylic acids is 1. The molecular weight excluding hydrogens is 200 g/mol. The highest BCUT2D eigenvalue weighted by atomic mass is 35.5. The first-order valence-corrected chi connectivity index (χ1v) is 4.52. The van der Waals surface area contributed by atoms with Gasteiger partial charge in [-0.1, -0.05) is 30.3 Å². The van der Waals surface area contributed by atoms with Crippen molar-refractivity contribution in [2.24, 2.45) is 0 Å². The summed E-state index contributed by atoms with van der Waals surface area (Å²) < 4.78 is 4.54. The van der Waals surface area contributed by atoms with Crippen LogP contribution in [0.2, 0.25) is 5.02 Å². The molecule has 1 rings (SSSR count). The molecule has 74 valence electrons. The fraction of sp³-hybridized carbons (Fsp3) is 0.182. The summed E-state index contributed by atoms with van der Waals surface area (Å²) in [5.41, 5.74) is 1.43. The lowest BCUT2D eigenvalue weighted by Gasteiger charge is -2.03. The molecule has 0 saturated carbocycles. The lowest BCUT2D eigenvalue weighted by molar-refractivity contribution is -0.136. The Morgan fingerprint density at radius 2 is 2.00 bits per heavy atom. The smallest absolute Gasteiger partial charge is 0.333 e. The highest BCUT2D eigenvalue weighted by molar-refractivity contribution is 6.30. The Bertz CT molecular complexity index is 341. The van der Waals surface area contributed by atoms with Gasteiger partial charge in [0.05, 0.1) is 7.11 Å². The lowest BCUT2D eigenvalue weighted by atomic mass is 10.1. The monoisotopic (exact) mass is 210 g/mol. The standard InChI is InChI=1S/C11H11ClO2/c1-8(11(13)14-2)7-9-3-5-10(12)6-4-9/h3-6H,1,7H2,2H3. The number of ether oxygens (including phenoxy) is 1. The van der Waals surface area contributed by atoms with Crippen LogP contribution in [0.4, 0.5) is 0 Å². The minimum absolute atomic E-state index is 0.375. The van der Waals surface area contributed by atoms with Gasteiger partial charge in [0.1, 0.15) is 0 Å². The zero-order chi connectivity index (χ0) is 10.6. The van der Waals surface area contributed by atoms with Crippen molar-refractivity contribution in [1.29, 1.82) is 0 Å². The average molecular weight is 211 g/mol. The molecule has 0 saturated heterocycles. The van der Waals surface area contributed by atoms with Gasteiger partial charge in [0.2, 0.25) is 0 Å². The van der Waals surface area contributed by atoms with E-state index in [9.17, 15) is 4.79 Å². The number of hydrogen-bond acceptors (Lipinski definition) is 2. The molecule has 0 aliphatic carbocycles. The quantitative estimate of drug-likeness (QED) is 0.566. The van der Waals surface area contributed by atoms with E-state index < -0.39 is 0 Å². The van der Waals surface area contributed by atoms with Crippen molar-refractivity contribution >= 4 is 17.6 Å². The number of benzene rings is 1. The van der Waals surface area contributed by atoms with E-state index >= 15 is 0 Å². The number of rotatable bonds is 3. The predicted molar refractivity (Wildman–Crippen MR) is 56.3 cm³/mol. The summed E-state index contributed by atoms with van der Waals surface area (Å²) in [5.74, 6) is -0.375. The van der Waals surface area contributed by atoms with E-state index in [4.69, 9.17) is 11.6 Å². The first kappa shape index (κ1) is 10.8. The maximum absolute atomic E-state index is 11.0. The molecule has 0 N–H and O–H groups in total. The molecule has 0 unspecified atom stereocenters. The molecule has 1 aromatic rings. The third-order valence-corrected chi connectivity index (χ3v) is 2.06. The van der Waals surface area contributed by atoms with Crippen LogP contribution >= 0.6 is 11.6 Å². The molecule has 2 nitrogen and oxygen atoms in total. The molecule has 0 fully saturated rings. The average Bonchev–Trinajstić information content (AvgIpc) is 2.20. The van der Waals surface area contributed by atoms with Crippen LogP contribution in [-0.4, -0.2) is 13.1 Å². The van der Waals surface area contributed by atoms with E-state index in [1.54, 1.807) is 12.1 Å². The van der Waals surface area contributed by atoms with Gasteiger partial charge in [-0.05, 0) is 17.7 Å². The van der Waals surface area contributed by atoms with E-state index in [1.807, 2.05) is 12.1 Å². The van der Waals surface area contributed by atoms with Crippen molar-refractivity contribution in [3.05, 3.63) is 47.0 Å². The SMILES string of the molecule is C=C(Cc1ccc(Cl)cc1)C(=O)OC. The molecular formula is C11H11ClO2. The topological polar surface area (TPSA) is 26.3 Å². The van der Waals surface area contributed by atoms with Gasteiger partial charge in [0, 0.05) is 17.0 Å². The molecule has 0 atom stereocenters. The van der Waals surface area contributed by atoms with Crippen LogP contribution in [0.3, 0.4) is 0 Å². The number of hydrogen-bond donors (Lipinski definition) is 0. The van der Waals surface area contributed by atoms with Gasteiger partial charge >= 0.3 is 5.97 Å². The summed E-state index contributed by atoms with van der Waals surface area (Å²) in [6, 6.07) is 7.27. The molecule has 0 aliphatic heterocycles. The molecule has 3 heteroatoms. The molecule has 0 aromatic heterocycles. The number of halogens is 1. The molecule has 0 radical (unpaired) electrons. The number of esters is 1. The Balaban J connectivity index is 2.65. The van der Waals surface area contributed by atoms with Crippen LogP contribution in [-0.2, 0) is 16.0 Å². The Morgan fingerprint density at radius 3 is 2.50 bits per heavy atom. The normalized spacial score (nSPS) is 9.57. The van der Waals surface area contributed by atoms with Gasteiger partial charge in [0.15, 0.2) is 0 Å². The van der Waals surface area contributed by atoms with E-state index in [2.05, 4.69) is 11.3 Å². The fourth-order valence-electron chi connectivity index (χ4n) is 1.07. The minimum atomic E-state index is -0.375. The van der Waals surface area contributed by atoms with Crippen molar-refractivity contribution in [3.8, 4) is 0 Å². The van der Waals surface area contributed by atoms with Crippen molar-refractivity contribution in [3.63, 3.8) is 0 Å².